The summed E-state index contributed by atoms with van der Waals surface area (Å²) in [5.74, 6) is 1.00. The van der Waals surface area contributed by atoms with E-state index in [-0.39, 0.29) is 22.8 Å². The van der Waals surface area contributed by atoms with Crippen LogP contribution in [0.4, 0.5) is 16.2 Å². The van der Waals surface area contributed by atoms with Crippen LogP contribution in [0.3, 0.4) is 0 Å². The van der Waals surface area contributed by atoms with Crippen LogP contribution < -0.4 is 10.6 Å². The summed E-state index contributed by atoms with van der Waals surface area (Å²) >= 11 is 0. The quantitative estimate of drug-likeness (QED) is 0.357. The van der Waals surface area contributed by atoms with E-state index in [1.807, 2.05) is 18.2 Å². The van der Waals surface area contributed by atoms with Crippen molar-refractivity contribution in [1.29, 1.82) is 0 Å². The predicted molar refractivity (Wildman–Crippen MR) is 157 cm³/mol. The first-order chi connectivity index (χ1) is 18.8. The lowest BCUT2D eigenvalue weighted by molar-refractivity contribution is 0.0738. The molecule has 2 aliphatic heterocycles. The van der Waals surface area contributed by atoms with E-state index in [0.717, 1.165) is 37.1 Å². The van der Waals surface area contributed by atoms with Gasteiger partial charge < -0.3 is 15.5 Å². The molecule has 6 rings (SSSR count). The molecule has 2 saturated heterocycles. The predicted octanol–water partition coefficient (Wildman–Crippen LogP) is 5.89. The smallest absolute Gasteiger partial charge is 0.225 e. The third kappa shape index (κ3) is 4.65. The minimum absolute atomic E-state index is 0.0974. The van der Waals surface area contributed by atoms with Crippen LogP contribution in [-0.4, -0.2) is 76.1 Å². The molecule has 0 radical (unpaired) electrons. The van der Waals surface area contributed by atoms with E-state index < -0.39 is 0 Å². The van der Waals surface area contributed by atoms with Crippen LogP contribution in [0.25, 0.3) is 22.2 Å². The van der Waals surface area contributed by atoms with Gasteiger partial charge in [0.25, 0.3) is 0 Å². The van der Waals surface area contributed by atoms with Crippen LogP contribution in [0.5, 0.6) is 0 Å². The maximum absolute atomic E-state index is 16.4. The first kappa shape index (κ1) is 26.4. The maximum atomic E-state index is 16.4. The van der Waals surface area contributed by atoms with Gasteiger partial charge in [-0.25, -0.2) is 9.37 Å². The van der Waals surface area contributed by atoms with E-state index in [4.69, 9.17) is 9.97 Å². The van der Waals surface area contributed by atoms with Gasteiger partial charge in [0.2, 0.25) is 5.95 Å². The number of anilines is 2. The van der Waals surface area contributed by atoms with Crippen molar-refractivity contribution >= 4 is 22.7 Å². The lowest BCUT2D eigenvalue weighted by Crippen LogP contribution is -2.54. The van der Waals surface area contributed by atoms with Crippen LogP contribution in [0.1, 0.15) is 70.3 Å². The zero-order valence-corrected chi connectivity index (χ0v) is 23.9. The van der Waals surface area contributed by atoms with E-state index >= 15 is 4.39 Å². The number of nitrogens with zero attached hydrogens (tertiary/aromatic N) is 5. The van der Waals surface area contributed by atoms with Crippen LogP contribution in [0.2, 0.25) is 0 Å². The van der Waals surface area contributed by atoms with E-state index in [2.05, 4.69) is 59.4 Å². The molecule has 0 spiro atoms. The zero-order chi connectivity index (χ0) is 27.2. The molecule has 39 heavy (non-hydrogen) atoms. The molecule has 2 aromatic heterocycles. The summed E-state index contributed by atoms with van der Waals surface area (Å²) in [5, 5.41) is 7.76. The average Bonchev–Trinajstić information content (AvgIpc) is 3.48. The second-order valence-corrected chi connectivity index (χ2v) is 12.4. The Hall–Kier alpha value is -2.84. The molecule has 0 bridgehead atoms. The minimum atomic E-state index is -0.387. The van der Waals surface area contributed by atoms with Crippen molar-refractivity contribution in [2.24, 2.45) is 0 Å². The van der Waals surface area contributed by atoms with Crippen molar-refractivity contribution in [2.45, 2.75) is 75.8 Å². The van der Waals surface area contributed by atoms with Crippen LogP contribution >= 0.6 is 0 Å². The number of benzene rings is 1. The van der Waals surface area contributed by atoms with Crippen molar-refractivity contribution in [3.05, 3.63) is 41.8 Å². The Kier molecular flexibility index (Phi) is 6.96. The van der Waals surface area contributed by atoms with E-state index in [0.29, 0.717) is 28.4 Å². The number of fused-ring (bicyclic) bond motifs is 2. The van der Waals surface area contributed by atoms with Crippen molar-refractivity contribution in [3.8, 4) is 11.3 Å². The van der Waals surface area contributed by atoms with Crippen molar-refractivity contribution < 1.29 is 4.39 Å². The third-order valence-corrected chi connectivity index (χ3v) is 9.73. The number of hydrogen-bond donors (Lipinski definition) is 2. The molecule has 2 N–H and O–H groups in total. The van der Waals surface area contributed by atoms with Gasteiger partial charge in [0.15, 0.2) is 5.82 Å². The second-order valence-electron chi connectivity index (χ2n) is 12.4. The summed E-state index contributed by atoms with van der Waals surface area (Å²) in [6.07, 6.45) is 10.1. The number of nitrogens with one attached hydrogen (secondary N) is 2. The number of rotatable bonds is 9. The SMILES string of the molecule is CC(C)c1ccccc1-c1ncc2c(NCC3(N(C)C)CCC3)nc(NCC34CCCN3CCC4)nc2c1F. The molecule has 7 nitrogen and oxygen atoms in total. The van der Waals surface area contributed by atoms with Gasteiger partial charge in [-0.15, -0.1) is 0 Å². The highest BCUT2D eigenvalue weighted by Crippen LogP contribution is 2.40. The minimum Gasteiger partial charge on any atom is -0.367 e. The molecule has 0 atom stereocenters. The Morgan fingerprint density at radius 1 is 0.974 bits per heavy atom. The maximum Gasteiger partial charge on any atom is 0.225 e. The van der Waals surface area contributed by atoms with Gasteiger partial charge in [0.1, 0.15) is 17.0 Å². The standard InChI is InChI=1S/C31H42FN7/c1-21(2)22-10-5-6-11-23(22)26-25(32)27-24(18-33-26)28(34-19-30(38(3)4)12-7-13-30)37-29(36-27)35-20-31-14-8-16-39(31)17-9-15-31/h5-6,10-11,18,21H,7-9,12-17,19-20H2,1-4H3,(H2,34,35,36,37). The molecule has 8 heteroatoms. The van der Waals surface area contributed by atoms with E-state index in [9.17, 15) is 0 Å². The van der Waals surface area contributed by atoms with Crippen LogP contribution in [0.15, 0.2) is 30.5 Å². The Bertz CT molecular complexity index is 1340. The number of pyridine rings is 1. The topological polar surface area (TPSA) is 69.2 Å². The molecular weight excluding hydrogens is 489 g/mol. The summed E-state index contributed by atoms with van der Waals surface area (Å²) in [4.78, 5) is 19.2. The van der Waals surface area contributed by atoms with Crippen molar-refractivity contribution in [2.75, 3.05) is 50.9 Å². The monoisotopic (exact) mass is 531 g/mol. The van der Waals surface area contributed by atoms with Gasteiger partial charge >= 0.3 is 0 Å². The average molecular weight is 532 g/mol. The van der Waals surface area contributed by atoms with E-state index in [1.165, 1.54) is 45.2 Å². The van der Waals surface area contributed by atoms with Gasteiger partial charge in [-0.05, 0) is 83.6 Å². The first-order valence-electron chi connectivity index (χ1n) is 14.7. The second kappa shape index (κ2) is 10.3. The third-order valence-electron chi connectivity index (χ3n) is 9.73. The van der Waals surface area contributed by atoms with Gasteiger partial charge in [-0.3, -0.25) is 9.88 Å². The lowest BCUT2D eigenvalue weighted by atomic mass is 9.75. The fraction of sp³-hybridized carbons (Fsp3) is 0.581. The number of aromatic nitrogens is 3. The summed E-state index contributed by atoms with van der Waals surface area (Å²) in [6.45, 7) is 8.12. The molecule has 3 aliphatic rings. The Balaban J connectivity index is 1.39. The molecule has 1 aromatic carbocycles. The highest BCUT2D eigenvalue weighted by molar-refractivity contribution is 5.92. The lowest BCUT2D eigenvalue weighted by Gasteiger charge is -2.47. The molecule has 0 unspecified atom stereocenters. The van der Waals surface area contributed by atoms with Crippen molar-refractivity contribution in [3.63, 3.8) is 0 Å². The van der Waals surface area contributed by atoms with E-state index in [1.54, 1.807) is 6.20 Å². The summed E-state index contributed by atoms with van der Waals surface area (Å²) in [5.41, 5.74) is 2.84. The summed E-state index contributed by atoms with van der Waals surface area (Å²) in [7, 11) is 4.28. The van der Waals surface area contributed by atoms with Gasteiger partial charge in [-0.1, -0.05) is 38.1 Å². The van der Waals surface area contributed by atoms with Gasteiger partial charge in [0, 0.05) is 35.9 Å². The normalized spacial score (nSPS) is 20.0. The molecule has 208 valence electrons. The van der Waals surface area contributed by atoms with Crippen molar-refractivity contribution in [1.82, 2.24) is 24.8 Å². The van der Waals surface area contributed by atoms with Gasteiger partial charge in [-0.2, -0.15) is 4.98 Å². The number of hydrogen-bond acceptors (Lipinski definition) is 7. The molecule has 0 amide bonds. The number of likely N-dealkylation sites (N-methyl/N-ethyl adjacent to an activating group) is 1. The largest absolute Gasteiger partial charge is 0.367 e. The fourth-order valence-electron chi connectivity index (χ4n) is 7.05. The molecule has 3 aromatic rings. The zero-order valence-electron chi connectivity index (χ0n) is 23.9. The summed E-state index contributed by atoms with van der Waals surface area (Å²) < 4.78 is 16.4. The fourth-order valence-corrected chi connectivity index (χ4v) is 7.05. The molecule has 1 aliphatic carbocycles. The highest BCUT2D eigenvalue weighted by Gasteiger charge is 2.44. The molecule has 1 saturated carbocycles. The molecule has 3 fully saturated rings. The molecule has 4 heterocycles. The Morgan fingerprint density at radius 2 is 1.72 bits per heavy atom. The Labute approximate surface area is 231 Å². The molecular formula is C31H42FN7. The van der Waals surface area contributed by atoms with Crippen LogP contribution in [-0.2, 0) is 0 Å². The van der Waals surface area contributed by atoms with Gasteiger partial charge in [0.05, 0.1) is 5.39 Å². The first-order valence-corrected chi connectivity index (χ1v) is 14.7. The summed E-state index contributed by atoms with van der Waals surface area (Å²) in [6, 6.07) is 7.95. The van der Waals surface area contributed by atoms with Crippen LogP contribution in [0, 0.1) is 5.82 Å². The highest BCUT2D eigenvalue weighted by atomic mass is 19.1. The number of halogens is 1. The Morgan fingerprint density at radius 3 is 2.38 bits per heavy atom.